The second-order valence-corrected chi connectivity index (χ2v) is 5.39. The molecule has 114 valence electrons. The normalized spacial score (nSPS) is 12.1. The molecule has 0 saturated carbocycles. The third kappa shape index (κ3) is 4.49. The highest BCUT2D eigenvalue weighted by atomic mass is 32.2. The zero-order valence-electron chi connectivity index (χ0n) is 13.0. The van der Waals surface area contributed by atoms with Crippen molar-refractivity contribution >= 4 is 11.8 Å². The van der Waals surface area contributed by atoms with Crippen molar-refractivity contribution in [3.05, 3.63) is 17.7 Å². The fourth-order valence-corrected chi connectivity index (χ4v) is 2.78. The van der Waals surface area contributed by atoms with Crippen LogP contribution in [0.4, 0.5) is 0 Å². The van der Waals surface area contributed by atoms with Gasteiger partial charge in [-0.3, -0.25) is 0 Å². The summed E-state index contributed by atoms with van der Waals surface area (Å²) < 4.78 is 16.1. The molecule has 1 atom stereocenters. The lowest BCUT2D eigenvalue weighted by molar-refractivity contribution is 0.323. The Morgan fingerprint density at radius 2 is 1.70 bits per heavy atom. The molecule has 1 aromatic rings. The minimum absolute atomic E-state index is 0.518. The number of thioether (sulfide) groups is 1. The monoisotopic (exact) mass is 299 g/mol. The van der Waals surface area contributed by atoms with Crippen LogP contribution in [0.2, 0.25) is 0 Å². The zero-order valence-corrected chi connectivity index (χ0v) is 13.8. The van der Waals surface area contributed by atoms with Crippen LogP contribution in [0.5, 0.6) is 17.2 Å². The average molecular weight is 299 g/mol. The molecule has 1 aromatic carbocycles. The van der Waals surface area contributed by atoms with E-state index < -0.39 is 0 Å². The molecule has 0 fully saturated rings. The summed E-state index contributed by atoms with van der Waals surface area (Å²) in [5, 5.41) is 3.55. The summed E-state index contributed by atoms with van der Waals surface area (Å²) in [5.41, 5.74) is 1.12. The van der Waals surface area contributed by atoms with E-state index in [0.29, 0.717) is 23.3 Å². The van der Waals surface area contributed by atoms with Crippen molar-refractivity contribution in [3.8, 4) is 17.2 Å². The molecule has 5 heteroatoms. The number of nitrogens with one attached hydrogen (secondary N) is 1. The molecular formula is C15H25NO3S. The van der Waals surface area contributed by atoms with Crippen molar-refractivity contribution in [1.82, 2.24) is 5.32 Å². The molecule has 0 radical (unpaired) electrons. The number of ether oxygens (including phenoxy) is 3. The minimum atomic E-state index is 0.518. The number of methoxy groups -OCH3 is 3. The average Bonchev–Trinajstić information content (AvgIpc) is 2.49. The maximum Gasteiger partial charge on any atom is 0.203 e. The Labute approximate surface area is 126 Å². The predicted octanol–water partition coefficient (Wildman–Crippen LogP) is 2.94. The van der Waals surface area contributed by atoms with E-state index in [1.165, 1.54) is 0 Å². The van der Waals surface area contributed by atoms with Gasteiger partial charge in [-0.2, -0.15) is 11.8 Å². The van der Waals surface area contributed by atoms with E-state index in [4.69, 9.17) is 14.2 Å². The summed E-state index contributed by atoms with van der Waals surface area (Å²) in [6, 6.07) is 4.49. The fraction of sp³-hybridized carbons (Fsp3) is 0.600. The van der Waals surface area contributed by atoms with Crippen molar-refractivity contribution in [3.63, 3.8) is 0 Å². The van der Waals surface area contributed by atoms with Gasteiger partial charge < -0.3 is 19.5 Å². The first-order valence-corrected chi connectivity index (χ1v) is 8.10. The molecule has 0 aliphatic carbocycles. The Morgan fingerprint density at radius 1 is 1.10 bits per heavy atom. The van der Waals surface area contributed by atoms with Gasteiger partial charge in [0.25, 0.3) is 0 Å². The van der Waals surface area contributed by atoms with Crippen LogP contribution in [-0.4, -0.2) is 39.4 Å². The number of hydrogen-bond donors (Lipinski definition) is 1. The van der Waals surface area contributed by atoms with Gasteiger partial charge in [-0.25, -0.2) is 0 Å². The van der Waals surface area contributed by atoms with Crippen LogP contribution < -0.4 is 19.5 Å². The Hall–Kier alpha value is -1.07. The van der Waals surface area contributed by atoms with E-state index in [1.807, 2.05) is 23.9 Å². The zero-order chi connectivity index (χ0) is 15.0. The molecule has 1 unspecified atom stereocenters. The van der Waals surface area contributed by atoms with Crippen LogP contribution in [0.3, 0.4) is 0 Å². The maximum absolute atomic E-state index is 5.36. The van der Waals surface area contributed by atoms with Gasteiger partial charge in [-0.1, -0.05) is 6.92 Å². The molecule has 0 bridgehead atoms. The lowest BCUT2D eigenvalue weighted by Gasteiger charge is -2.18. The van der Waals surface area contributed by atoms with Crippen molar-refractivity contribution in [2.24, 2.45) is 0 Å². The van der Waals surface area contributed by atoms with Crippen LogP contribution in [-0.2, 0) is 6.54 Å². The third-order valence-corrected chi connectivity index (χ3v) is 3.92. The molecule has 0 saturated heterocycles. The van der Waals surface area contributed by atoms with Gasteiger partial charge in [0.2, 0.25) is 5.75 Å². The van der Waals surface area contributed by atoms with Gasteiger partial charge >= 0.3 is 0 Å². The quantitative estimate of drug-likeness (QED) is 0.759. The van der Waals surface area contributed by atoms with Gasteiger partial charge in [0.15, 0.2) is 11.5 Å². The SMILES string of the molecule is CCC(CSC)NCc1cc(OC)c(OC)c(OC)c1. The van der Waals surface area contributed by atoms with Gasteiger partial charge in [0, 0.05) is 18.3 Å². The van der Waals surface area contributed by atoms with E-state index in [-0.39, 0.29) is 0 Å². The standard InChI is InChI=1S/C15H25NO3S/c1-6-12(10-20-5)16-9-11-7-13(17-2)15(19-4)14(8-11)18-3/h7-8,12,16H,6,9-10H2,1-5H3. The molecule has 20 heavy (non-hydrogen) atoms. The van der Waals surface area contributed by atoms with E-state index in [1.54, 1.807) is 21.3 Å². The second kappa shape index (κ2) is 8.97. The van der Waals surface area contributed by atoms with Crippen LogP contribution in [0.1, 0.15) is 18.9 Å². The summed E-state index contributed by atoms with van der Waals surface area (Å²) in [5.74, 6) is 3.14. The smallest absolute Gasteiger partial charge is 0.203 e. The molecule has 0 heterocycles. The first-order chi connectivity index (χ1) is 9.69. The van der Waals surface area contributed by atoms with Crippen LogP contribution in [0, 0.1) is 0 Å². The number of rotatable bonds is 9. The lowest BCUT2D eigenvalue weighted by Crippen LogP contribution is -2.30. The highest BCUT2D eigenvalue weighted by Gasteiger charge is 2.13. The molecule has 1 N–H and O–H groups in total. The summed E-state index contributed by atoms with van der Waals surface area (Å²) in [7, 11) is 4.89. The van der Waals surface area contributed by atoms with E-state index >= 15 is 0 Å². The summed E-state index contributed by atoms with van der Waals surface area (Å²) >= 11 is 1.86. The molecule has 1 rings (SSSR count). The molecule has 4 nitrogen and oxygen atoms in total. The first-order valence-electron chi connectivity index (χ1n) is 6.71. The van der Waals surface area contributed by atoms with Crippen molar-refractivity contribution < 1.29 is 14.2 Å². The largest absolute Gasteiger partial charge is 0.493 e. The Balaban J connectivity index is 2.85. The van der Waals surface area contributed by atoms with Crippen LogP contribution in [0.25, 0.3) is 0 Å². The minimum Gasteiger partial charge on any atom is -0.493 e. The third-order valence-electron chi connectivity index (χ3n) is 3.18. The molecule has 0 aliphatic heterocycles. The Morgan fingerprint density at radius 3 is 2.10 bits per heavy atom. The molecule has 0 aliphatic rings. The Bertz CT molecular complexity index is 387. The highest BCUT2D eigenvalue weighted by Crippen LogP contribution is 2.38. The summed E-state index contributed by atoms with van der Waals surface area (Å²) in [6.45, 7) is 2.98. The molecular weight excluding hydrogens is 274 g/mol. The second-order valence-electron chi connectivity index (χ2n) is 4.48. The lowest BCUT2D eigenvalue weighted by atomic mass is 10.1. The molecule has 0 amide bonds. The topological polar surface area (TPSA) is 39.7 Å². The molecule has 0 aromatic heterocycles. The maximum atomic E-state index is 5.36. The fourth-order valence-electron chi connectivity index (χ4n) is 2.02. The number of benzene rings is 1. The van der Waals surface area contributed by atoms with Gasteiger partial charge in [0.1, 0.15) is 0 Å². The first kappa shape index (κ1) is 17.0. The van der Waals surface area contributed by atoms with E-state index in [9.17, 15) is 0 Å². The molecule has 0 spiro atoms. The van der Waals surface area contributed by atoms with E-state index in [2.05, 4.69) is 18.5 Å². The number of hydrogen-bond acceptors (Lipinski definition) is 5. The Kier molecular flexibility index (Phi) is 7.62. The summed E-state index contributed by atoms with van der Waals surface area (Å²) in [6.07, 6.45) is 3.25. The highest BCUT2D eigenvalue weighted by molar-refractivity contribution is 7.98. The van der Waals surface area contributed by atoms with E-state index in [0.717, 1.165) is 24.3 Å². The van der Waals surface area contributed by atoms with Crippen molar-refractivity contribution in [2.45, 2.75) is 25.9 Å². The van der Waals surface area contributed by atoms with Crippen molar-refractivity contribution in [1.29, 1.82) is 0 Å². The predicted molar refractivity (Wildman–Crippen MR) is 85.4 cm³/mol. The van der Waals surface area contributed by atoms with Crippen LogP contribution in [0.15, 0.2) is 12.1 Å². The van der Waals surface area contributed by atoms with Gasteiger partial charge in [-0.15, -0.1) is 0 Å². The summed E-state index contributed by atoms with van der Waals surface area (Å²) in [4.78, 5) is 0. The van der Waals surface area contributed by atoms with Crippen LogP contribution >= 0.6 is 11.8 Å². The van der Waals surface area contributed by atoms with Gasteiger partial charge in [0.05, 0.1) is 21.3 Å². The van der Waals surface area contributed by atoms with Gasteiger partial charge in [-0.05, 0) is 30.4 Å². The van der Waals surface area contributed by atoms with Crippen molar-refractivity contribution in [2.75, 3.05) is 33.3 Å².